The van der Waals surface area contributed by atoms with E-state index in [1.807, 2.05) is 0 Å². The summed E-state index contributed by atoms with van der Waals surface area (Å²) in [5, 5.41) is 11.3. The van der Waals surface area contributed by atoms with E-state index in [1.54, 1.807) is 6.92 Å². The fourth-order valence-corrected chi connectivity index (χ4v) is 1.57. The second kappa shape index (κ2) is 6.15. The predicted molar refractivity (Wildman–Crippen MR) is 64.2 cm³/mol. The van der Waals surface area contributed by atoms with Crippen LogP contribution in [-0.2, 0) is 19.1 Å². The second-order valence-corrected chi connectivity index (χ2v) is 5.03. The molecule has 1 amide bonds. The lowest BCUT2D eigenvalue weighted by molar-refractivity contribution is -0.148. The number of carboxylic acid groups (broad SMARTS) is 1. The summed E-state index contributed by atoms with van der Waals surface area (Å²) < 4.78 is 10.8. The number of ether oxygens (including phenoxy) is 2. The van der Waals surface area contributed by atoms with Crippen LogP contribution in [0.1, 0.15) is 33.6 Å². The molecule has 0 spiro atoms. The Morgan fingerprint density at radius 1 is 1.56 bits per heavy atom. The van der Waals surface area contributed by atoms with Crippen molar-refractivity contribution in [2.24, 2.45) is 0 Å². The van der Waals surface area contributed by atoms with E-state index in [0.717, 1.165) is 19.4 Å². The van der Waals surface area contributed by atoms with E-state index in [1.165, 1.54) is 13.8 Å². The maximum absolute atomic E-state index is 11.7. The molecule has 18 heavy (non-hydrogen) atoms. The molecular formula is C12H21NO5. The van der Waals surface area contributed by atoms with Gasteiger partial charge in [0.1, 0.15) is 11.6 Å². The van der Waals surface area contributed by atoms with E-state index < -0.39 is 23.5 Å². The highest BCUT2D eigenvalue weighted by atomic mass is 16.5. The summed E-state index contributed by atoms with van der Waals surface area (Å²) in [6, 6.07) is 0. The molecule has 0 unspecified atom stereocenters. The highest BCUT2D eigenvalue weighted by Crippen LogP contribution is 2.13. The van der Waals surface area contributed by atoms with Crippen molar-refractivity contribution >= 4 is 11.9 Å². The summed E-state index contributed by atoms with van der Waals surface area (Å²) in [6.45, 7) is 5.56. The normalized spacial score (nSPS) is 21.6. The van der Waals surface area contributed by atoms with Crippen LogP contribution in [0.3, 0.4) is 0 Å². The zero-order chi connectivity index (χ0) is 13.8. The molecule has 0 aromatic rings. The maximum Gasteiger partial charge on any atom is 0.328 e. The van der Waals surface area contributed by atoms with E-state index >= 15 is 0 Å². The Labute approximate surface area is 107 Å². The molecule has 104 valence electrons. The third kappa shape index (κ3) is 4.27. The van der Waals surface area contributed by atoms with Crippen LogP contribution in [0.25, 0.3) is 0 Å². The topological polar surface area (TPSA) is 84.9 Å². The molecule has 1 fully saturated rings. The molecule has 0 aliphatic carbocycles. The van der Waals surface area contributed by atoms with Crippen molar-refractivity contribution in [1.29, 1.82) is 0 Å². The number of carbonyl (C=O) groups excluding carboxylic acids is 1. The van der Waals surface area contributed by atoms with E-state index in [-0.39, 0.29) is 6.10 Å². The molecule has 6 nitrogen and oxygen atoms in total. The first kappa shape index (κ1) is 14.9. The van der Waals surface area contributed by atoms with Gasteiger partial charge in [-0.05, 0) is 33.6 Å². The van der Waals surface area contributed by atoms with Crippen LogP contribution in [0.15, 0.2) is 0 Å². The zero-order valence-electron chi connectivity index (χ0n) is 11.1. The Balaban J connectivity index is 2.34. The van der Waals surface area contributed by atoms with E-state index in [4.69, 9.17) is 14.6 Å². The molecule has 0 aromatic heterocycles. The van der Waals surface area contributed by atoms with E-state index in [2.05, 4.69) is 5.32 Å². The van der Waals surface area contributed by atoms with E-state index in [9.17, 15) is 9.59 Å². The molecule has 6 heteroatoms. The molecule has 0 bridgehead atoms. The van der Waals surface area contributed by atoms with Crippen molar-refractivity contribution in [2.45, 2.75) is 51.4 Å². The lowest BCUT2D eigenvalue weighted by Gasteiger charge is -2.24. The number of hydrogen-bond donors (Lipinski definition) is 2. The Kier molecular flexibility index (Phi) is 5.10. The summed E-state index contributed by atoms with van der Waals surface area (Å²) in [5.41, 5.74) is -1.29. The van der Waals surface area contributed by atoms with Crippen molar-refractivity contribution in [3.63, 3.8) is 0 Å². The van der Waals surface area contributed by atoms with Crippen LogP contribution in [-0.4, -0.2) is 47.9 Å². The summed E-state index contributed by atoms with van der Waals surface area (Å²) in [4.78, 5) is 22.6. The predicted octanol–water partition coefficient (Wildman–Crippen LogP) is 0.550. The summed E-state index contributed by atoms with van der Waals surface area (Å²) in [5.74, 6) is -1.51. The zero-order valence-corrected chi connectivity index (χ0v) is 11.1. The minimum Gasteiger partial charge on any atom is -0.480 e. The quantitative estimate of drug-likeness (QED) is 0.727. The average Bonchev–Trinajstić information content (AvgIpc) is 2.77. The van der Waals surface area contributed by atoms with Gasteiger partial charge in [0.2, 0.25) is 5.91 Å². The first-order chi connectivity index (χ1) is 8.33. The van der Waals surface area contributed by atoms with Gasteiger partial charge in [-0.3, -0.25) is 4.79 Å². The lowest BCUT2D eigenvalue weighted by Crippen LogP contribution is -2.52. The highest BCUT2D eigenvalue weighted by molar-refractivity contribution is 5.88. The number of nitrogens with one attached hydrogen (secondary N) is 1. The third-order valence-corrected chi connectivity index (χ3v) is 2.90. The molecule has 1 heterocycles. The molecule has 0 saturated carbocycles. The van der Waals surface area contributed by atoms with Gasteiger partial charge in [-0.1, -0.05) is 0 Å². The van der Waals surface area contributed by atoms with Crippen molar-refractivity contribution in [1.82, 2.24) is 5.32 Å². The van der Waals surface area contributed by atoms with Crippen molar-refractivity contribution < 1.29 is 24.2 Å². The second-order valence-electron chi connectivity index (χ2n) is 5.03. The lowest BCUT2D eigenvalue weighted by atomic mass is 10.1. The van der Waals surface area contributed by atoms with Gasteiger partial charge in [-0.2, -0.15) is 0 Å². The number of carboxylic acids is 1. The molecule has 2 N–H and O–H groups in total. The Hall–Kier alpha value is -1.14. The van der Waals surface area contributed by atoms with Crippen molar-refractivity contribution in [3.8, 4) is 0 Å². The Morgan fingerprint density at radius 3 is 2.72 bits per heavy atom. The Bertz CT molecular complexity index is 310. The first-order valence-corrected chi connectivity index (χ1v) is 6.11. The largest absolute Gasteiger partial charge is 0.480 e. The van der Waals surface area contributed by atoms with Crippen LogP contribution in [0, 0.1) is 0 Å². The molecule has 1 aliphatic heterocycles. The van der Waals surface area contributed by atoms with Gasteiger partial charge in [-0.25, -0.2) is 4.79 Å². The van der Waals surface area contributed by atoms with Crippen LogP contribution < -0.4 is 5.32 Å². The van der Waals surface area contributed by atoms with Crippen molar-refractivity contribution in [2.75, 3.05) is 13.2 Å². The maximum atomic E-state index is 11.7. The molecule has 1 aliphatic rings. The van der Waals surface area contributed by atoms with Gasteiger partial charge in [0.25, 0.3) is 0 Å². The van der Waals surface area contributed by atoms with Crippen LogP contribution >= 0.6 is 0 Å². The summed E-state index contributed by atoms with van der Waals surface area (Å²) >= 11 is 0. The van der Waals surface area contributed by atoms with Gasteiger partial charge in [0.05, 0.1) is 12.7 Å². The number of rotatable bonds is 6. The molecule has 1 saturated heterocycles. The van der Waals surface area contributed by atoms with Crippen molar-refractivity contribution in [3.05, 3.63) is 0 Å². The number of carbonyl (C=O) groups is 2. The molecule has 0 aromatic carbocycles. The minimum absolute atomic E-state index is 0.0488. The van der Waals surface area contributed by atoms with Crippen LogP contribution in [0.2, 0.25) is 0 Å². The third-order valence-electron chi connectivity index (χ3n) is 2.90. The van der Waals surface area contributed by atoms with Gasteiger partial charge in [-0.15, -0.1) is 0 Å². The van der Waals surface area contributed by atoms with Crippen LogP contribution in [0.5, 0.6) is 0 Å². The fraction of sp³-hybridized carbons (Fsp3) is 0.833. The van der Waals surface area contributed by atoms with Gasteiger partial charge in [0, 0.05) is 6.61 Å². The summed E-state index contributed by atoms with van der Waals surface area (Å²) in [6.07, 6.45) is 1.32. The number of amides is 1. The molecule has 1 rings (SSSR count). The summed E-state index contributed by atoms with van der Waals surface area (Å²) in [7, 11) is 0. The standard InChI is InChI=1S/C12H21NO5/c1-8(18-7-9-5-4-6-17-9)10(14)13-12(2,3)11(15)16/h8-9H,4-7H2,1-3H3,(H,13,14)(H,15,16)/t8-,9+/m0/s1. The highest BCUT2D eigenvalue weighted by Gasteiger charge is 2.31. The number of hydrogen-bond acceptors (Lipinski definition) is 4. The Morgan fingerprint density at radius 2 is 2.22 bits per heavy atom. The smallest absolute Gasteiger partial charge is 0.328 e. The van der Waals surface area contributed by atoms with Gasteiger partial charge < -0.3 is 19.9 Å². The minimum atomic E-state index is -1.29. The first-order valence-electron chi connectivity index (χ1n) is 6.11. The fourth-order valence-electron chi connectivity index (χ4n) is 1.57. The molecular weight excluding hydrogens is 238 g/mol. The monoisotopic (exact) mass is 259 g/mol. The molecule has 0 radical (unpaired) electrons. The molecule has 2 atom stereocenters. The van der Waals surface area contributed by atoms with Gasteiger partial charge >= 0.3 is 5.97 Å². The SMILES string of the molecule is C[C@H](OC[C@H]1CCCO1)C(=O)NC(C)(C)C(=O)O. The van der Waals surface area contributed by atoms with Crippen LogP contribution in [0.4, 0.5) is 0 Å². The van der Waals surface area contributed by atoms with E-state index in [0.29, 0.717) is 6.61 Å². The average molecular weight is 259 g/mol. The van der Waals surface area contributed by atoms with Gasteiger partial charge in [0.15, 0.2) is 0 Å². The number of aliphatic carboxylic acids is 1.